The zero-order chi connectivity index (χ0) is 23.7. The zero-order valence-corrected chi connectivity index (χ0v) is 18.2. The molecule has 2 atom stereocenters. The molecule has 1 saturated carbocycles. The minimum atomic E-state index is -1.02. The summed E-state index contributed by atoms with van der Waals surface area (Å²) < 4.78 is 6.56. The monoisotopic (exact) mass is 448 g/mol. The molecule has 10 nitrogen and oxygen atoms in total. The lowest BCUT2D eigenvalue weighted by molar-refractivity contribution is 0.0598. The van der Waals surface area contributed by atoms with Crippen molar-refractivity contribution in [1.29, 1.82) is 0 Å². The standard InChI is InChI=1S/C23H24N6O4/c1-28(25)12-18(24)15-10-16(15)21-17(23(32)33-2)11-26-29(21)20-8-4-7-19(27-20)13-5-3-6-14(9-13)22(30)31/h3-9,11-12,15-16H,10,24-25H2,1-2H3,(H,30,31)/b18-12-. The lowest BCUT2D eigenvalue weighted by Gasteiger charge is -2.11. The molecule has 1 aliphatic rings. The van der Waals surface area contributed by atoms with Gasteiger partial charge in [-0.05, 0) is 30.7 Å². The van der Waals surface area contributed by atoms with E-state index in [0.29, 0.717) is 34.0 Å². The van der Waals surface area contributed by atoms with Gasteiger partial charge in [-0.25, -0.2) is 25.1 Å². The molecule has 1 fully saturated rings. The van der Waals surface area contributed by atoms with Crippen LogP contribution in [0.15, 0.2) is 60.6 Å². The quantitative estimate of drug-likeness (QED) is 0.280. The van der Waals surface area contributed by atoms with E-state index in [-0.39, 0.29) is 17.4 Å². The van der Waals surface area contributed by atoms with Crippen LogP contribution in [-0.4, -0.2) is 51.0 Å². The van der Waals surface area contributed by atoms with Gasteiger partial charge in [0.1, 0.15) is 5.56 Å². The number of pyridine rings is 1. The van der Waals surface area contributed by atoms with Crippen LogP contribution in [0.25, 0.3) is 17.1 Å². The maximum absolute atomic E-state index is 12.4. The van der Waals surface area contributed by atoms with Crippen molar-refractivity contribution in [2.75, 3.05) is 14.2 Å². The van der Waals surface area contributed by atoms with E-state index in [4.69, 9.17) is 16.3 Å². The molecule has 2 unspecified atom stereocenters. The Hall–Kier alpha value is -4.18. The van der Waals surface area contributed by atoms with Gasteiger partial charge in [0, 0.05) is 36.3 Å². The molecule has 4 rings (SSSR count). The van der Waals surface area contributed by atoms with Crippen LogP contribution in [-0.2, 0) is 4.74 Å². The van der Waals surface area contributed by atoms with Gasteiger partial charge in [0.2, 0.25) is 0 Å². The Morgan fingerprint density at radius 3 is 2.73 bits per heavy atom. The van der Waals surface area contributed by atoms with Crippen molar-refractivity contribution >= 4 is 11.9 Å². The molecule has 3 aromatic rings. The number of carboxylic acids is 1. The summed E-state index contributed by atoms with van der Waals surface area (Å²) in [5, 5.41) is 15.1. The molecule has 0 bridgehead atoms. The van der Waals surface area contributed by atoms with E-state index in [1.54, 1.807) is 54.3 Å². The summed E-state index contributed by atoms with van der Waals surface area (Å²) in [6.07, 6.45) is 3.84. The molecule has 10 heteroatoms. The molecule has 170 valence electrons. The van der Waals surface area contributed by atoms with Crippen LogP contribution in [0.2, 0.25) is 0 Å². The molecule has 0 aliphatic heterocycles. The van der Waals surface area contributed by atoms with Crippen LogP contribution >= 0.6 is 0 Å². The number of nitrogens with two attached hydrogens (primary N) is 2. The second kappa shape index (κ2) is 8.75. The Balaban J connectivity index is 1.76. The first kappa shape index (κ1) is 22.0. The van der Waals surface area contributed by atoms with E-state index < -0.39 is 11.9 Å². The highest BCUT2D eigenvalue weighted by Gasteiger charge is 2.45. The predicted octanol–water partition coefficient (Wildman–Crippen LogP) is 2.13. The normalized spacial score (nSPS) is 17.5. The maximum atomic E-state index is 12.4. The Morgan fingerprint density at radius 2 is 2.03 bits per heavy atom. The predicted molar refractivity (Wildman–Crippen MR) is 120 cm³/mol. The maximum Gasteiger partial charge on any atom is 0.341 e. The fourth-order valence-electron chi connectivity index (χ4n) is 3.87. The summed E-state index contributed by atoms with van der Waals surface area (Å²) in [4.78, 5) is 28.5. The fourth-order valence-corrected chi connectivity index (χ4v) is 3.87. The van der Waals surface area contributed by atoms with E-state index in [1.807, 2.05) is 0 Å². The number of esters is 1. The first-order valence-electron chi connectivity index (χ1n) is 10.2. The second-order valence-corrected chi connectivity index (χ2v) is 7.86. The molecular formula is C23H24N6O4. The number of rotatable bonds is 7. The molecule has 0 amide bonds. The number of hydrazine groups is 1. The van der Waals surface area contributed by atoms with Crippen LogP contribution in [0.3, 0.4) is 0 Å². The summed E-state index contributed by atoms with van der Waals surface area (Å²) in [5.74, 6) is 4.61. The smallest absolute Gasteiger partial charge is 0.341 e. The summed E-state index contributed by atoms with van der Waals surface area (Å²) in [5.41, 5.74) is 9.21. The number of hydrogen-bond acceptors (Lipinski definition) is 8. The zero-order valence-electron chi connectivity index (χ0n) is 18.2. The highest BCUT2D eigenvalue weighted by atomic mass is 16.5. The van der Waals surface area contributed by atoms with Gasteiger partial charge in [-0.15, -0.1) is 0 Å². The van der Waals surface area contributed by atoms with Gasteiger partial charge in [0.25, 0.3) is 0 Å². The Kier molecular flexibility index (Phi) is 5.84. The van der Waals surface area contributed by atoms with Crippen molar-refractivity contribution in [3.05, 3.63) is 77.4 Å². The van der Waals surface area contributed by atoms with E-state index >= 15 is 0 Å². The topological polar surface area (TPSA) is 150 Å². The Morgan fingerprint density at radius 1 is 1.27 bits per heavy atom. The minimum absolute atomic E-state index is 0.00490. The summed E-state index contributed by atoms with van der Waals surface area (Å²) in [6, 6.07) is 11.9. The van der Waals surface area contributed by atoms with E-state index in [1.165, 1.54) is 24.4 Å². The lowest BCUT2D eigenvalue weighted by atomic mass is 10.1. The number of carbonyl (C=O) groups is 2. The van der Waals surface area contributed by atoms with Crippen molar-refractivity contribution in [2.45, 2.75) is 12.3 Å². The lowest BCUT2D eigenvalue weighted by Crippen LogP contribution is -2.21. The van der Waals surface area contributed by atoms with Gasteiger partial charge in [-0.3, -0.25) is 0 Å². The van der Waals surface area contributed by atoms with Crippen LogP contribution in [0.1, 0.15) is 38.7 Å². The number of allylic oxidation sites excluding steroid dienone is 1. The third-order valence-electron chi connectivity index (χ3n) is 5.49. The van der Waals surface area contributed by atoms with Crippen LogP contribution in [0.4, 0.5) is 0 Å². The molecule has 0 saturated heterocycles. The van der Waals surface area contributed by atoms with Crippen molar-refractivity contribution in [3.8, 4) is 17.1 Å². The van der Waals surface area contributed by atoms with Gasteiger partial charge >= 0.3 is 11.9 Å². The second-order valence-electron chi connectivity index (χ2n) is 7.86. The largest absolute Gasteiger partial charge is 0.478 e. The van der Waals surface area contributed by atoms with Gasteiger partial charge < -0.3 is 20.6 Å². The number of ether oxygens (including phenoxy) is 1. The molecule has 2 heterocycles. The van der Waals surface area contributed by atoms with E-state index in [9.17, 15) is 14.7 Å². The van der Waals surface area contributed by atoms with Crippen molar-refractivity contribution in [1.82, 2.24) is 19.8 Å². The van der Waals surface area contributed by atoms with Crippen molar-refractivity contribution in [2.24, 2.45) is 17.5 Å². The average Bonchev–Trinajstić information content (AvgIpc) is 3.48. The van der Waals surface area contributed by atoms with Gasteiger partial charge in [0.05, 0.1) is 30.3 Å². The summed E-state index contributed by atoms with van der Waals surface area (Å²) >= 11 is 0. The van der Waals surface area contributed by atoms with E-state index in [2.05, 4.69) is 10.1 Å². The van der Waals surface area contributed by atoms with E-state index in [0.717, 1.165) is 6.42 Å². The van der Waals surface area contributed by atoms with Gasteiger partial charge in [0.15, 0.2) is 5.82 Å². The molecule has 2 aromatic heterocycles. The van der Waals surface area contributed by atoms with Gasteiger partial charge in [-0.2, -0.15) is 5.10 Å². The highest BCUT2D eigenvalue weighted by Crippen LogP contribution is 2.51. The van der Waals surface area contributed by atoms with Crippen LogP contribution in [0.5, 0.6) is 0 Å². The number of methoxy groups -OCH3 is 1. The molecular weight excluding hydrogens is 424 g/mol. The molecule has 5 N–H and O–H groups in total. The molecule has 1 aromatic carbocycles. The highest BCUT2D eigenvalue weighted by molar-refractivity contribution is 5.91. The number of aromatic carboxylic acids is 1. The summed E-state index contributed by atoms with van der Waals surface area (Å²) in [7, 11) is 3.00. The number of carboxylic acid groups (broad SMARTS) is 1. The fraction of sp³-hybridized carbons (Fsp3) is 0.217. The van der Waals surface area contributed by atoms with Crippen molar-refractivity contribution < 1.29 is 19.4 Å². The number of hydrogen-bond donors (Lipinski definition) is 3. The molecule has 1 aliphatic carbocycles. The first-order valence-corrected chi connectivity index (χ1v) is 10.2. The SMILES string of the molecule is COC(=O)c1cnn(-c2cccc(-c3cccc(C(=O)O)c3)n2)c1C1CC1/C(N)=C/N(C)N. The van der Waals surface area contributed by atoms with Crippen molar-refractivity contribution in [3.63, 3.8) is 0 Å². The number of carbonyl (C=O) groups excluding carboxylic acids is 1. The average molecular weight is 448 g/mol. The Labute approximate surface area is 190 Å². The van der Waals surface area contributed by atoms with Crippen LogP contribution in [0, 0.1) is 5.92 Å². The minimum Gasteiger partial charge on any atom is -0.478 e. The number of nitrogens with zero attached hydrogens (tertiary/aromatic N) is 4. The van der Waals surface area contributed by atoms with Gasteiger partial charge in [-0.1, -0.05) is 18.2 Å². The molecule has 0 spiro atoms. The van der Waals surface area contributed by atoms with Crippen LogP contribution < -0.4 is 11.6 Å². The number of benzene rings is 1. The third-order valence-corrected chi connectivity index (χ3v) is 5.49. The molecule has 0 radical (unpaired) electrons. The molecule has 33 heavy (non-hydrogen) atoms. The first-order chi connectivity index (χ1) is 15.8. The third kappa shape index (κ3) is 4.41. The summed E-state index contributed by atoms with van der Waals surface area (Å²) in [6.45, 7) is 0. The Bertz CT molecular complexity index is 1250. The number of aromatic nitrogens is 3.